The Morgan fingerprint density at radius 2 is 2.04 bits per heavy atom. The molecule has 1 amide bonds. The van der Waals surface area contributed by atoms with Gasteiger partial charge in [0.2, 0.25) is 11.6 Å². The van der Waals surface area contributed by atoms with Gasteiger partial charge in [0, 0.05) is 30.4 Å². The molecule has 0 radical (unpaired) electrons. The zero-order chi connectivity index (χ0) is 17.5. The fraction of sp³-hybridized carbons (Fsp3) is 0.211. The average Bonchev–Trinajstić information content (AvgIpc) is 3.16. The summed E-state index contributed by atoms with van der Waals surface area (Å²) in [6, 6.07) is 14.8. The number of carbonyl (C=O) groups is 1. The normalized spacial score (nSPS) is 10.4. The molecule has 2 aromatic heterocycles. The number of nitrogens with one attached hydrogen (secondary N) is 1. The molecule has 0 unspecified atom stereocenters. The maximum absolute atomic E-state index is 12.2. The largest absolute Gasteiger partial charge is 0.478 e. The molecule has 128 valence electrons. The Morgan fingerprint density at radius 1 is 1.20 bits per heavy atom. The van der Waals surface area contributed by atoms with Crippen molar-refractivity contribution < 1.29 is 14.1 Å². The molecule has 3 aromatic rings. The predicted octanol–water partition coefficient (Wildman–Crippen LogP) is 3.46. The van der Waals surface area contributed by atoms with Crippen LogP contribution in [0.5, 0.6) is 5.88 Å². The summed E-state index contributed by atoms with van der Waals surface area (Å²) < 4.78 is 10.6. The van der Waals surface area contributed by atoms with Crippen molar-refractivity contribution in [2.24, 2.45) is 0 Å². The van der Waals surface area contributed by atoms with Crippen LogP contribution in [0.1, 0.15) is 29.5 Å². The van der Waals surface area contributed by atoms with Gasteiger partial charge in [0.25, 0.3) is 5.91 Å². The lowest BCUT2D eigenvalue weighted by Crippen LogP contribution is -2.22. The monoisotopic (exact) mass is 337 g/mol. The van der Waals surface area contributed by atoms with Crippen molar-refractivity contribution in [1.29, 1.82) is 0 Å². The summed E-state index contributed by atoms with van der Waals surface area (Å²) in [5.74, 6) is 0.440. The minimum Gasteiger partial charge on any atom is -0.478 e. The number of carbonyl (C=O) groups excluding carboxylic acids is 1. The van der Waals surface area contributed by atoms with Gasteiger partial charge in [-0.05, 0) is 12.0 Å². The van der Waals surface area contributed by atoms with Gasteiger partial charge in [0.15, 0.2) is 0 Å². The van der Waals surface area contributed by atoms with Gasteiger partial charge in [0.1, 0.15) is 5.69 Å². The van der Waals surface area contributed by atoms with Gasteiger partial charge in [-0.3, -0.25) is 4.79 Å². The topological polar surface area (TPSA) is 77.2 Å². The van der Waals surface area contributed by atoms with Gasteiger partial charge in [-0.2, -0.15) is 0 Å². The van der Waals surface area contributed by atoms with Crippen molar-refractivity contribution in [3.63, 3.8) is 0 Å². The lowest BCUT2D eigenvalue weighted by molar-refractivity contribution is 0.0914. The first kappa shape index (κ1) is 16.7. The van der Waals surface area contributed by atoms with Crippen molar-refractivity contribution in [2.45, 2.75) is 19.9 Å². The van der Waals surface area contributed by atoms with Crippen LogP contribution in [-0.4, -0.2) is 22.7 Å². The van der Waals surface area contributed by atoms with Crippen LogP contribution in [0.4, 0.5) is 0 Å². The Morgan fingerprint density at radius 3 is 2.76 bits per heavy atom. The summed E-state index contributed by atoms with van der Waals surface area (Å²) >= 11 is 0. The molecule has 3 rings (SSSR count). The Balaban J connectivity index is 1.57. The van der Waals surface area contributed by atoms with Gasteiger partial charge >= 0.3 is 0 Å². The van der Waals surface area contributed by atoms with Gasteiger partial charge < -0.3 is 14.6 Å². The van der Waals surface area contributed by atoms with Crippen LogP contribution in [0.3, 0.4) is 0 Å². The van der Waals surface area contributed by atoms with E-state index in [0.717, 1.165) is 17.5 Å². The number of pyridine rings is 1. The maximum Gasteiger partial charge on any atom is 0.290 e. The van der Waals surface area contributed by atoms with E-state index in [1.165, 1.54) is 0 Å². The van der Waals surface area contributed by atoms with Gasteiger partial charge in [-0.15, -0.1) is 0 Å². The van der Waals surface area contributed by atoms with E-state index in [0.29, 0.717) is 24.7 Å². The molecule has 0 aliphatic heterocycles. The second-order valence-corrected chi connectivity index (χ2v) is 5.48. The van der Waals surface area contributed by atoms with E-state index < -0.39 is 0 Å². The van der Waals surface area contributed by atoms with Crippen molar-refractivity contribution in [2.75, 3.05) is 6.61 Å². The highest BCUT2D eigenvalue weighted by Gasteiger charge is 2.13. The zero-order valence-electron chi connectivity index (χ0n) is 13.9. The van der Waals surface area contributed by atoms with Crippen molar-refractivity contribution in [3.8, 4) is 17.1 Å². The molecule has 6 heteroatoms. The van der Waals surface area contributed by atoms with Crippen LogP contribution < -0.4 is 10.1 Å². The summed E-state index contributed by atoms with van der Waals surface area (Å²) in [5.41, 5.74) is 2.40. The third kappa shape index (κ3) is 4.44. The lowest BCUT2D eigenvalue weighted by atomic mass is 10.1. The number of rotatable bonds is 7. The average molecular weight is 337 g/mol. The Bertz CT molecular complexity index is 813. The van der Waals surface area contributed by atoms with Crippen LogP contribution in [0.2, 0.25) is 0 Å². The molecule has 25 heavy (non-hydrogen) atoms. The second-order valence-electron chi connectivity index (χ2n) is 5.48. The number of aromatic nitrogens is 2. The second kappa shape index (κ2) is 8.10. The number of amides is 1. The molecule has 0 atom stereocenters. The fourth-order valence-corrected chi connectivity index (χ4v) is 2.20. The lowest BCUT2D eigenvalue weighted by Gasteiger charge is -2.05. The highest BCUT2D eigenvalue weighted by molar-refractivity contribution is 5.92. The molecule has 6 nitrogen and oxygen atoms in total. The van der Waals surface area contributed by atoms with E-state index in [-0.39, 0.29) is 11.7 Å². The van der Waals surface area contributed by atoms with Crippen LogP contribution in [0.15, 0.2) is 59.3 Å². The first-order valence-electron chi connectivity index (χ1n) is 8.14. The Labute approximate surface area is 145 Å². The molecule has 0 aliphatic rings. The SMILES string of the molecule is CCCOc1ccc(CNC(=O)c2cc(-c3ccccc3)no2)cn1. The summed E-state index contributed by atoms with van der Waals surface area (Å²) in [6.45, 7) is 3.02. The minimum absolute atomic E-state index is 0.176. The maximum atomic E-state index is 12.2. The molecule has 0 saturated carbocycles. The Kier molecular flexibility index (Phi) is 5.41. The van der Waals surface area contributed by atoms with Crippen LogP contribution >= 0.6 is 0 Å². The third-order valence-corrected chi connectivity index (χ3v) is 3.51. The van der Waals surface area contributed by atoms with Crippen molar-refractivity contribution in [1.82, 2.24) is 15.5 Å². The van der Waals surface area contributed by atoms with Crippen LogP contribution in [-0.2, 0) is 6.54 Å². The molecule has 0 saturated heterocycles. The van der Waals surface area contributed by atoms with E-state index >= 15 is 0 Å². The molecular weight excluding hydrogens is 318 g/mol. The number of hydrogen-bond acceptors (Lipinski definition) is 5. The smallest absolute Gasteiger partial charge is 0.290 e. The molecular formula is C19H19N3O3. The quantitative estimate of drug-likeness (QED) is 0.714. The van der Waals surface area contributed by atoms with E-state index in [4.69, 9.17) is 9.26 Å². The Hall–Kier alpha value is -3.15. The molecule has 0 aliphatic carbocycles. The van der Waals surface area contributed by atoms with Crippen LogP contribution in [0, 0.1) is 0 Å². The number of ether oxygens (including phenoxy) is 1. The molecule has 0 bridgehead atoms. The minimum atomic E-state index is -0.319. The first-order chi connectivity index (χ1) is 12.3. The molecule has 1 N–H and O–H groups in total. The van der Waals surface area contributed by atoms with E-state index in [2.05, 4.69) is 15.5 Å². The predicted molar refractivity (Wildman–Crippen MR) is 93.1 cm³/mol. The molecule has 0 spiro atoms. The van der Waals surface area contributed by atoms with E-state index in [1.54, 1.807) is 18.3 Å². The molecule has 1 aromatic carbocycles. The first-order valence-corrected chi connectivity index (χ1v) is 8.14. The standard InChI is InChI=1S/C19H19N3O3/c1-2-10-24-18-9-8-14(12-20-18)13-21-19(23)17-11-16(22-25-17)15-6-4-3-5-7-15/h3-9,11-12H,2,10,13H2,1H3,(H,21,23). The van der Waals surface area contributed by atoms with Crippen molar-refractivity contribution in [3.05, 3.63) is 66.1 Å². The molecule has 2 heterocycles. The van der Waals surface area contributed by atoms with E-state index in [1.807, 2.05) is 43.3 Å². The highest BCUT2D eigenvalue weighted by atomic mass is 16.5. The summed E-state index contributed by atoms with van der Waals surface area (Å²) in [7, 11) is 0. The van der Waals surface area contributed by atoms with E-state index in [9.17, 15) is 4.79 Å². The number of hydrogen-bond donors (Lipinski definition) is 1. The number of nitrogens with zero attached hydrogens (tertiary/aromatic N) is 2. The summed E-state index contributed by atoms with van der Waals surface area (Å²) in [5, 5.41) is 6.73. The highest BCUT2D eigenvalue weighted by Crippen LogP contribution is 2.18. The zero-order valence-corrected chi connectivity index (χ0v) is 13.9. The van der Waals surface area contributed by atoms with Crippen LogP contribution in [0.25, 0.3) is 11.3 Å². The third-order valence-electron chi connectivity index (χ3n) is 3.51. The van der Waals surface area contributed by atoms with Crippen molar-refractivity contribution >= 4 is 5.91 Å². The number of benzene rings is 1. The molecule has 0 fully saturated rings. The summed E-state index contributed by atoms with van der Waals surface area (Å²) in [6.07, 6.45) is 2.61. The fourth-order valence-electron chi connectivity index (χ4n) is 2.20. The van der Waals surface area contributed by atoms with Gasteiger partial charge in [-0.25, -0.2) is 4.98 Å². The van der Waals surface area contributed by atoms with Gasteiger partial charge in [-0.1, -0.05) is 48.5 Å². The summed E-state index contributed by atoms with van der Waals surface area (Å²) in [4.78, 5) is 16.4. The van der Waals surface area contributed by atoms with Gasteiger partial charge in [0.05, 0.1) is 6.61 Å².